The Kier molecular flexibility index (Phi) is 8.73. The molecule has 0 aromatic heterocycles. The molecule has 0 spiro atoms. The Morgan fingerprint density at radius 2 is 1.40 bits per heavy atom. The maximum atomic E-state index is 11.8. The molecule has 158 valence electrons. The molecule has 3 aromatic rings. The van der Waals surface area contributed by atoms with Crippen molar-refractivity contribution in [3.63, 3.8) is 0 Å². The number of rotatable bonds is 6. The molecule has 0 aliphatic heterocycles. The molecule has 3 N–H and O–H groups in total. The van der Waals surface area contributed by atoms with Gasteiger partial charge in [-0.15, -0.1) is 0 Å². The van der Waals surface area contributed by atoms with Crippen molar-refractivity contribution in [2.75, 3.05) is 0 Å². The smallest absolute Gasteiger partial charge is 0.323 e. The van der Waals surface area contributed by atoms with E-state index >= 15 is 0 Å². The Morgan fingerprint density at radius 1 is 0.900 bits per heavy atom. The molecule has 1 atom stereocenters. The summed E-state index contributed by atoms with van der Waals surface area (Å²) in [4.78, 5) is 11.7. The first-order valence-corrected chi connectivity index (χ1v) is 10.7. The van der Waals surface area contributed by atoms with E-state index in [1.165, 1.54) is 12.1 Å². The van der Waals surface area contributed by atoms with Crippen molar-refractivity contribution in [2.24, 2.45) is 5.73 Å². The molecule has 0 bridgehead atoms. The van der Waals surface area contributed by atoms with Crippen molar-refractivity contribution < 1.29 is 22.5 Å². The fourth-order valence-electron chi connectivity index (χ4n) is 2.50. The van der Waals surface area contributed by atoms with Gasteiger partial charge in [-0.25, -0.2) is 0 Å². The summed E-state index contributed by atoms with van der Waals surface area (Å²) in [6.45, 7) is 2.11. The van der Waals surface area contributed by atoms with Gasteiger partial charge in [-0.1, -0.05) is 78.4 Å². The van der Waals surface area contributed by atoms with Crippen LogP contribution >= 0.6 is 0 Å². The van der Waals surface area contributed by atoms with E-state index in [1.807, 2.05) is 67.6 Å². The molecule has 0 aliphatic rings. The van der Waals surface area contributed by atoms with Crippen LogP contribution in [-0.2, 0) is 32.7 Å². The van der Waals surface area contributed by atoms with E-state index in [1.54, 1.807) is 12.1 Å². The van der Waals surface area contributed by atoms with Crippen LogP contribution in [0.5, 0.6) is 0 Å². The topological polar surface area (TPSA) is 107 Å². The molecule has 0 amide bonds. The van der Waals surface area contributed by atoms with Gasteiger partial charge in [0.1, 0.15) is 12.6 Å². The third-order valence-electron chi connectivity index (χ3n) is 4.14. The van der Waals surface area contributed by atoms with E-state index < -0.39 is 16.2 Å². The highest BCUT2D eigenvalue weighted by Crippen LogP contribution is 2.08. The lowest BCUT2D eigenvalue weighted by Gasteiger charge is -2.11. The van der Waals surface area contributed by atoms with Crippen molar-refractivity contribution in [3.05, 3.63) is 102 Å². The highest BCUT2D eigenvalue weighted by molar-refractivity contribution is 7.85. The second kappa shape index (κ2) is 11.3. The minimum absolute atomic E-state index is 0.0666. The lowest BCUT2D eigenvalue weighted by atomic mass is 10.1. The number of nitrogens with two attached hydrogens (primary N) is 1. The summed E-state index contributed by atoms with van der Waals surface area (Å²) in [7, 11) is -4.02. The summed E-state index contributed by atoms with van der Waals surface area (Å²) in [5.74, 6) is -0.368. The van der Waals surface area contributed by atoms with E-state index in [2.05, 4.69) is 0 Å². The Labute approximate surface area is 177 Å². The molecule has 0 saturated heterocycles. The van der Waals surface area contributed by atoms with Crippen molar-refractivity contribution in [1.29, 1.82) is 0 Å². The standard InChI is InChI=1S/C16H17NO2.C7H8O3S/c17-15(11-13-7-3-1-4-8-13)16(18)19-12-14-9-5-2-6-10-14;1-6-2-4-7(5-3-6)11(8,9)10/h1-10,15H,11-12,17H2;2-5H,1H3,(H,8,9,10)/t15-;/m0./s1. The maximum absolute atomic E-state index is 11.8. The molecule has 0 heterocycles. The quantitative estimate of drug-likeness (QED) is 0.460. The van der Waals surface area contributed by atoms with Crippen molar-refractivity contribution in [2.45, 2.75) is 30.9 Å². The summed E-state index contributed by atoms with van der Waals surface area (Å²) in [6.07, 6.45) is 0.495. The zero-order valence-electron chi connectivity index (χ0n) is 16.6. The number of aryl methyl sites for hydroxylation is 1. The first kappa shape index (κ1) is 23.3. The maximum Gasteiger partial charge on any atom is 0.323 e. The summed E-state index contributed by atoms with van der Waals surface area (Å²) in [6, 6.07) is 24.6. The number of ether oxygens (including phenoxy) is 1. The van der Waals surface area contributed by atoms with Crippen LogP contribution in [-0.4, -0.2) is 25.0 Å². The highest BCUT2D eigenvalue weighted by Gasteiger charge is 2.15. The van der Waals surface area contributed by atoms with Crippen LogP contribution in [0.15, 0.2) is 89.8 Å². The van der Waals surface area contributed by atoms with Crippen LogP contribution in [0.3, 0.4) is 0 Å². The third kappa shape index (κ3) is 8.16. The largest absolute Gasteiger partial charge is 0.460 e. The molecule has 3 rings (SSSR count). The van der Waals surface area contributed by atoms with Crippen LogP contribution in [0.2, 0.25) is 0 Å². The predicted octanol–water partition coefficient (Wildman–Crippen LogP) is 3.54. The molecule has 0 fully saturated rings. The summed E-state index contributed by atoms with van der Waals surface area (Å²) in [5, 5.41) is 0. The first-order chi connectivity index (χ1) is 14.3. The van der Waals surface area contributed by atoms with Gasteiger partial charge in [-0.05, 0) is 36.6 Å². The van der Waals surface area contributed by atoms with Crippen LogP contribution in [0, 0.1) is 6.92 Å². The van der Waals surface area contributed by atoms with E-state index in [9.17, 15) is 13.2 Å². The normalized spacial score (nSPS) is 11.7. The Balaban J connectivity index is 0.000000248. The fraction of sp³-hybridized carbons (Fsp3) is 0.174. The molecule has 0 unspecified atom stereocenters. The monoisotopic (exact) mass is 427 g/mol. The third-order valence-corrected chi connectivity index (χ3v) is 5.01. The lowest BCUT2D eigenvalue weighted by Crippen LogP contribution is -2.34. The second-order valence-electron chi connectivity index (χ2n) is 6.68. The van der Waals surface area contributed by atoms with E-state index in [-0.39, 0.29) is 17.5 Å². The zero-order valence-corrected chi connectivity index (χ0v) is 17.5. The van der Waals surface area contributed by atoms with Gasteiger partial charge in [0.15, 0.2) is 0 Å². The molecular formula is C23H25NO5S. The Bertz CT molecular complexity index is 1020. The average molecular weight is 428 g/mol. The first-order valence-electron chi connectivity index (χ1n) is 9.30. The van der Waals surface area contributed by atoms with Gasteiger partial charge in [0, 0.05) is 0 Å². The van der Waals surface area contributed by atoms with Crippen molar-refractivity contribution >= 4 is 16.1 Å². The van der Waals surface area contributed by atoms with Gasteiger partial charge in [0.2, 0.25) is 0 Å². The lowest BCUT2D eigenvalue weighted by molar-refractivity contribution is -0.146. The van der Waals surface area contributed by atoms with Gasteiger partial charge in [-0.2, -0.15) is 8.42 Å². The number of carbonyl (C=O) groups excluding carboxylic acids is 1. The molecule has 0 saturated carbocycles. The summed E-state index contributed by atoms with van der Waals surface area (Å²) in [5.41, 5.74) is 8.79. The molecule has 30 heavy (non-hydrogen) atoms. The van der Waals surface area contributed by atoms with E-state index in [0.29, 0.717) is 6.42 Å². The Hall–Kier alpha value is -3.00. The van der Waals surface area contributed by atoms with Crippen LogP contribution in [0.1, 0.15) is 16.7 Å². The van der Waals surface area contributed by atoms with Crippen molar-refractivity contribution in [3.8, 4) is 0 Å². The number of esters is 1. The molecule has 7 heteroatoms. The molecule has 0 radical (unpaired) electrons. The summed E-state index contributed by atoms with van der Waals surface area (Å²) >= 11 is 0. The number of carbonyl (C=O) groups is 1. The predicted molar refractivity (Wildman–Crippen MR) is 115 cm³/mol. The highest BCUT2D eigenvalue weighted by atomic mass is 32.2. The second-order valence-corrected chi connectivity index (χ2v) is 8.10. The molecular weight excluding hydrogens is 402 g/mol. The SMILES string of the molecule is Cc1ccc(S(=O)(=O)O)cc1.N[C@@H](Cc1ccccc1)C(=O)OCc1ccccc1. The van der Waals surface area contributed by atoms with Gasteiger partial charge < -0.3 is 10.5 Å². The Morgan fingerprint density at radius 3 is 1.90 bits per heavy atom. The number of benzene rings is 3. The van der Waals surface area contributed by atoms with Gasteiger partial charge >= 0.3 is 5.97 Å². The van der Waals surface area contributed by atoms with Gasteiger partial charge in [0.05, 0.1) is 4.90 Å². The summed E-state index contributed by atoms with van der Waals surface area (Å²) < 4.78 is 34.7. The van der Waals surface area contributed by atoms with E-state index in [4.69, 9.17) is 15.0 Å². The van der Waals surface area contributed by atoms with Crippen LogP contribution in [0.25, 0.3) is 0 Å². The molecule has 3 aromatic carbocycles. The fourth-order valence-corrected chi connectivity index (χ4v) is 2.98. The van der Waals surface area contributed by atoms with Crippen molar-refractivity contribution in [1.82, 2.24) is 0 Å². The average Bonchev–Trinajstić information content (AvgIpc) is 2.73. The zero-order chi connectivity index (χ0) is 22.0. The van der Waals surface area contributed by atoms with Gasteiger partial charge in [-0.3, -0.25) is 9.35 Å². The van der Waals surface area contributed by atoms with E-state index in [0.717, 1.165) is 16.7 Å². The minimum atomic E-state index is -4.02. The van der Waals surface area contributed by atoms with Crippen LogP contribution < -0.4 is 5.73 Å². The number of hydrogen-bond acceptors (Lipinski definition) is 5. The van der Waals surface area contributed by atoms with Crippen LogP contribution in [0.4, 0.5) is 0 Å². The van der Waals surface area contributed by atoms with Gasteiger partial charge in [0.25, 0.3) is 10.1 Å². The molecule has 6 nitrogen and oxygen atoms in total. The number of hydrogen-bond donors (Lipinski definition) is 2. The molecule has 0 aliphatic carbocycles. The minimum Gasteiger partial charge on any atom is -0.460 e.